The Balaban J connectivity index is 1.45. The Morgan fingerprint density at radius 2 is 2.12 bits per heavy atom. The van der Waals surface area contributed by atoms with E-state index in [4.69, 9.17) is 15.1 Å². The lowest BCUT2D eigenvalue weighted by Gasteiger charge is -2.28. The van der Waals surface area contributed by atoms with Gasteiger partial charge in [0.25, 0.3) is 0 Å². The second kappa shape index (κ2) is 8.21. The topological polar surface area (TPSA) is 110 Å². The first-order valence-corrected chi connectivity index (χ1v) is 10.5. The van der Waals surface area contributed by atoms with Gasteiger partial charge in [0.05, 0.1) is 47.2 Å². The summed E-state index contributed by atoms with van der Waals surface area (Å²) in [7, 11) is 0. The summed E-state index contributed by atoms with van der Waals surface area (Å²) < 4.78 is 94.0. The molecule has 34 heavy (non-hydrogen) atoms. The first kappa shape index (κ1) is 12.1. The number of ether oxygens (including phenoxy) is 1. The van der Waals surface area contributed by atoms with Gasteiger partial charge in [0.15, 0.2) is 11.6 Å². The molecule has 174 valence electrons. The number of nitrogens with zero attached hydrogens (tertiary/aromatic N) is 6. The maximum atomic E-state index is 12.6. The van der Waals surface area contributed by atoms with Gasteiger partial charge in [-0.15, -0.1) is 10.2 Å². The number of nitrogens with one attached hydrogen (secondary N) is 2. The number of rotatable bonds is 5. The number of morpholine rings is 1. The van der Waals surface area contributed by atoms with Crippen LogP contribution in [0.15, 0.2) is 36.7 Å². The summed E-state index contributed by atoms with van der Waals surface area (Å²) in [5, 5.41) is 18.1. The first-order chi connectivity index (χ1) is 20.7. The van der Waals surface area contributed by atoms with Crippen molar-refractivity contribution >= 4 is 39.6 Å². The molecule has 2 N–H and O–H groups in total. The molecule has 0 spiro atoms. The first-order valence-electron chi connectivity index (χ1n) is 16.0. The molecule has 1 amide bonds. The fourth-order valence-electron chi connectivity index (χ4n) is 3.85. The molecule has 10 nitrogen and oxygen atoms in total. The fraction of sp³-hybridized carbons (Fsp3) is 0.375. The van der Waals surface area contributed by atoms with Gasteiger partial charge in [-0.3, -0.25) is 4.79 Å². The second-order valence-electron chi connectivity index (χ2n) is 8.10. The molecule has 0 aromatic carbocycles. The van der Waals surface area contributed by atoms with Crippen LogP contribution in [0, 0.1) is 11.8 Å². The molecule has 2 atom stereocenters. The normalized spacial score (nSPS) is 31.1. The van der Waals surface area contributed by atoms with Crippen LogP contribution in [0.5, 0.6) is 0 Å². The summed E-state index contributed by atoms with van der Waals surface area (Å²) in [5.74, 6) is -0.0679. The standard InChI is InChI=1S/C24H26N8O2/c1-14-9-17(14)24(33)27-21-11-18-19(12-26-23(25-2)22(18)29-28-21)20-10-15-3-4-16(13-32(15)30-20)31-5-7-34-8-6-31/h3-4,10-14,17H,5-9H2,1-2H3,(H,25,26)(H,27,28,33)/t14-,17+/m1/s1/i2D3,5D2,6D2,7D2,8D2. The number of amides is 1. The zero-order chi connectivity index (χ0) is 32.9. The third-order valence-corrected chi connectivity index (χ3v) is 5.84. The zero-order valence-electron chi connectivity index (χ0n) is 28.8. The van der Waals surface area contributed by atoms with Gasteiger partial charge in [0, 0.05) is 47.1 Å². The van der Waals surface area contributed by atoms with E-state index < -0.39 is 33.1 Å². The van der Waals surface area contributed by atoms with Gasteiger partial charge in [-0.1, -0.05) is 6.92 Å². The van der Waals surface area contributed by atoms with Gasteiger partial charge >= 0.3 is 0 Å². The molecule has 10 heteroatoms. The Hall–Kier alpha value is -3.79. The van der Waals surface area contributed by atoms with Crippen molar-refractivity contribution in [1.82, 2.24) is 24.8 Å². The number of hydrogen-bond donors (Lipinski definition) is 2. The largest absolute Gasteiger partial charge is 0.378 e. The smallest absolute Gasteiger partial charge is 0.228 e. The monoisotopic (exact) mass is 469 g/mol. The minimum atomic E-state index is -3.23. The van der Waals surface area contributed by atoms with Gasteiger partial charge in [-0.05, 0) is 36.6 Å². The molecule has 6 rings (SSSR count). The Morgan fingerprint density at radius 3 is 2.91 bits per heavy atom. The molecule has 2 aliphatic rings. The van der Waals surface area contributed by atoms with E-state index in [-0.39, 0.29) is 46.3 Å². The van der Waals surface area contributed by atoms with Crippen molar-refractivity contribution in [2.75, 3.05) is 48.6 Å². The van der Waals surface area contributed by atoms with Crippen LogP contribution in [-0.2, 0) is 9.53 Å². The molecule has 0 bridgehead atoms. The quantitative estimate of drug-likeness (QED) is 0.459. The predicted octanol–water partition coefficient (Wildman–Crippen LogP) is 2.81. The van der Waals surface area contributed by atoms with Crippen LogP contribution >= 0.6 is 0 Å². The number of pyridine rings is 2. The van der Waals surface area contributed by atoms with Crippen molar-refractivity contribution in [3.63, 3.8) is 0 Å². The van der Waals surface area contributed by atoms with Crippen LogP contribution in [-0.4, -0.2) is 63.8 Å². The van der Waals surface area contributed by atoms with E-state index in [1.807, 2.05) is 6.92 Å². The lowest BCUT2D eigenvalue weighted by Crippen LogP contribution is -2.36. The molecule has 0 unspecified atom stereocenters. The number of fused-ring (bicyclic) bond motifs is 2. The summed E-state index contributed by atoms with van der Waals surface area (Å²) in [5.41, 5.74) is 0.934. The summed E-state index contributed by atoms with van der Waals surface area (Å²) in [6, 6.07) is 5.89. The van der Waals surface area contributed by atoms with Crippen molar-refractivity contribution in [1.29, 1.82) is 0 Å². The molecule has 5 heterocycles. The zero-order valence-corrected chi connectivity index (χ0v) is 17.8. The number of hydrogen-bond acceptors (Lipinski definition) is 8. The van der Waals surface area contributed by atoms with Crippen molar-refractivity contribution in [2.24, 2.45) is 11.8 Å². The number of carbonyl (C=O) groups excluding carboxylic acids is 1. The molecule has 1 aliphatic carbocycles. The van der Waals surface area contributed by atoms with Crippen LogP contribution < -0.4 is 15.5 Å². The van der Waals surface area contributed by atoms with Crippen molar-refractivity contribution < 1.29 is 24.6 Å². The van der Waals surface area contributed by atoms with Crippen LogP contribution in [0.2, 0.25) is 0 Å². The average molecular weight is 470 g/mol. The highest BCUT2D eigenvalue weighted by atomic mass is 16.5. The summed E-state index contributed by atoms with van der Waals surface area (Å²) in [6.45, 7) is -13.4. The molecular formula is C24H26N8O2. The maximum absolute atomic E-state index is 12.6. The minimum absolute atomic E-state index is 0.0818. The highest BCUT2D eigenvalue weighted by Gasteiger charge is 2.39. The van der Waals surface area contributed by atoms with Gasteiger partial charge in [0.1, 0.15) is 5.52 Å². The van der Waals surface area contributed by atoms with E-state index in [0.29, 0.717) is 21.4 Å². The molecule has 1 aliphatic heterocycles. The summed E-state index contributed by atoms with van der Waals surface area (Å²) in [6.07, 6.45) is 3.33. The van der Waals surface area contributed by atoms with Crippen LogP contribution in [0.25, 0.3) is 27.7 Å². The van der Waals surface area contributed by atoms with E-state index in [9.17, 15) is 4.79 Å². The predicted molar refractivity (Wildman–Crippen MR) is 130 cm³/mol. The highest BCUT2D eigenvalue weighted by molar-refractivity contribution is 6.01. The van der Waals surface area contributed by atoms with Gasteiger partial charge in [0.2, 0.25) is 5.91 Å². The lowest BCUT2D eigenvalue weighted by molar-refractivity contribution is -0.117. The SMILES string of the molecule is [2H]C([2H])([2H])Nc1ncc(-c2cc3ccc(N4C([2H])([2H])C([2H])([2H])OC([2H])([2H])C4([2H])[2H])cn3n2)c2cc(NC(=O)[C@H]3C[C@H]3C)nnc12. The Bertz CT molecular complexity index is 1820. The molecular weight excluding hydrogens is 432 g/mol. The fourth-order valence-corrected chi connectivity index (χ4v) is 3.85. The van der Waals surface area contributed by atoms with E-state index in [0.717, 1.165) is 6.42 Å². The Kier molecular flexibility index (Phi) is 2.91. The van der Waals surface area contributed by atoms with E-state index in [1.54, 1.807) is 6.07 Å². The van der Waals surface area contributed by atoms with Gasteiger partial charge in [-0.2, -0.15) is 5.10 Å². The minimum Gasteiger partial charge on any atom is -0.378 e. The molecule has 4 aromatic rings. The van der Waals surface area contributed by atoms with Gasteiger partial charge in [-0.25, -0.2) is 9.50 Å². The Labute approximate surface area is 211 Å². The highest BCUT2D eigenvalue weighted by Crippen LogP contribution is 2.38. The molecule has 1 saturated heterocycles. The average Bonchev–Trinajstić information content (AvgIpc) is 3.49. The summed E-state index contributed by atoms with van der Waals surface area (Å²) in [4.78, 5) is 17.1. The Morgan fingerprint density at radius 1 is 1.26 bits per heavy atom. The number of anilines is 3. The third-order valence-electron chi connectivity index (χ3n) is 5.84. The van der Waals surface area contributed by atoms with Crippen LogP contribution in [0.3, 0.4) is 0 Å². The summed E-state index contributed by atoms with van der Waals surface area (Å²) >= 11 is 0. The van der Waals surface area contributed by atoms with E-state index in [1.165, 1.54) is 35.1 Å². The molecule has 2 fully saturated rings. The van der Waals surface area contributed by atoms with Crippen molar-refractivity contribution in [3.05, 3.63) is 36.7 Å². The molecule has 4 aromatic heterocycles. The second-order valence-corrected chi connectivity index (χ2v) is 8.10. The maximum Gasteiger partial charge on any atom is 0.228 e. The van der Waals surface area contributed by atoms with Crippen molar-refractivity contribution in [2.45, 2.75) is 13.3 Å². The van der Waals surface area contributed by atoms with Crippen molar-refractivity contribution in [3.8, 4) is 11.3 Å². The number of aromatic nitrogens is 5. The van der Waals surface area contributed by atoms with Gasteiger partial charge < -0.3 is 20.3 Å². The van der Waals surface area contributed by atoms with Crippen LogP contribution in [0.4, 0.5) is 17.3 Å². The lowest BCUT2D eigenvalue weighted by atomic mass is 10.1. The molecule has 1 saturated carbocycles. The molecule has 0 radical (unpaired) electrons. The third kappa shape index (κ3) is 3.69. The number of carbonyl (C=O) groups is 1. The van der Waals surface area contributed by atoms with E-state index in [2.05, 4.69) is 35.7 Å². The van der Waals surface area contributed by atoms with E-state index >= 15 is 0 Å². The van der Waals surface area contributed by atoms with Crippen LogP contribution in [0.1, 0.15) is 28.4 Å².